The number of likely N-dealkylation sites (tertiary alicyclic amines) is 2. The van der Waals surface area contributed by atoms with E-state index < -0.39 is 26.6 Å². The molecule has 7 fully saturated rings. The van der Waals surface area contributed by atoms with Crippen molar-refractivity contribution < 1.29 is 27.6 Å². The van der Waals surface area contributed by atoms with Crippen molar-refractivity contribution in [3.63, 3.8) is 0 Å². The number of amides is 4. The fourth-order valence-electron chi connectivity index (χ4n) is 13.2. The topological polar surface area (TPSA) is 186 Å². The molecule has 2 aliphatic carbocycles. The van der Waals surface area contributed by atoms with E-state index in [1.807, 2.05) is 23.4 Å². The van der Waals surface area contributed by atoms with Gasteiger partial charge in [0.15, 0.2) is 5.82 Å². The van der Waals surface area contributed by atoms with Gasteiger partial charge in [-0.2, -0.15) is 0 Å². The van der Waals surface area contributed by atoms with Crippen molar-refractivity contribution in [2.24, 2.45) is 5.92 Å². The summed E-state index contributed by atoms with van der Waals surface area (Å²) in [5, 5.41) is 5.60. The minimum atomic E-state index is -3.57. The van der Waals surface area contributed by atoms with Crippen molar-refractivity contribution in [2.45, 2.75) is 151 Å². The molecule has 17 nitrogen and oxygen atoms in total. The first-order valence-electron chi connectivity index (χ1n) is 27.0. The monoisotopic (exact) mass is 1000 g/mol. The molecular weight excluding hydrogens is 931 g/mol. The van der Waals surface area contributed by atoms with Gasteiger partial charge < -0.3 is 29.5 Å². The Morgan fingerprint density at radius 3 is 2.25 bits per heavy atom. The molecule has 9 heterocycles. The predicted octanol–water partition coefficient (Wildman–Crippen LogP) is 6.10. The van der Waals surface area contributed by atoms with Crippen LogP contribution in [0.3, 0.4) is 0 Å². The number of sulfonamides is 1. The zero-order valence-corrected chi connectivity index (χ0v) is 42.6. The summed E-state index contributed by atoms with van der Waals surface area (Å²) in [5.41, 5.74) is 5.84. The number of anilines is 3. The zero-order chi connectivity index (χ0) is 49.5. The summed E-state index contributed by atoms with van der Waals surface area (Å²) in [4.78, 5) is 77.0. The summed E-state index contributed by atoms with van der Waals surface area (Å²) in [6.07, 6.45) is 15.4. The number of aromatic nitrogens is 4. The fraction of sp³-hybridized carbons (Fsp3) is 0.611. The minimum absolute atomic E-state index is 0.0737. The van der Waals surface area contributed by atoms with Crippen LogP contribution in [0.4, 0.5) is 17.3 Å². The number of fused-ring (bicyclic) bond motifs is 3. The lowest BCUT2D eigenvalue weighted by Crippen LogP contribution is -2.58. The van der Waals surface area contributed by atoms with Crippen LogP contribution in [-0.4, -0.2) is 141 Å². The van der Waals surface area contributed by atoms with Gasteiger partial charge in [0, 0.05) is 93.2 Å². The van der Waals surface area contributed by atoms with Crippen LogP contribution in [0.2, 0.25) is 0 Å². The number of pyridine rings is 2. The van der Waals surface area contributed by atoms with Crippen molar-refractivity contribution in [1.82, 2.24) is 38.9 Å². The average molecular weight is 1000 g/mol. The van der Waals surface area contributed by atoms with E-state index in [-0.39, 0.29) is 41.6 Å². The molecule has 2 saturated carbocycles. The Morgan fingerprint density at radius 2 is 1.57 bits per heavy atom. The smallest absolute Gasteiger partial charge is 0.238 e. The van der Waals surface area contributed by atoms with Gasteiger partial charge in [-0.1, -0.05) is 24.6 Å². The van der Waals surface area contributed by atoms with E-state index in [4.69, 9.17) is 9.97 Å². The molecule has 382 valence electrons. The van der Waals surface area contributed by atoms with Crippen molar-refractivity contribution in [1.29, 1.82) is 0 Å². The average Bonchev–Trinajstić information content (AvgIpc) is 4.05. The van der Waals surface area contributed by atoms with Crippen molar-refractivity contribution in [3.05, 3.63) is 60.0 Å². The van der Waals surface area contributed by atoms with Crippen LogP contribution in [0.1, 0.15) is 133 Å². The molecule has 18 heteroatoms. The van der Waals surface area contributed by atoms with Crippen molar-refractivity contribution >= 4 is 62.0 Å². The first kappa shape index (κ1) is 47.5. The number of hydrogen-bond acceptors (Lipinski definition) is 12. The number of rotatable bonds is 11. The Kier molecular flexibility index (Phi) is 12.4. The molecule has 4 aromatic rings. The molecule has 72 heavy (non-hydrogen) atoms. The number of carbonyl (C=O) groups excluding carboxylic acids is 4. The van der Waals surface area contributed by atoms with Crippen LogP contribution in [0.25, 0.3) is 22.3 Å². The highest BCUT2D eigenvalue weighted by Crippen LogP contribution is 2.52. The highest BCUT2D eigenvalue weighted by Gasteiger charge is 2.56. The number of benzene rings is 1. The summed E-state index contributed by atoms with van der Waals surface area (Å²) >= 11 is 0. The number of nitrogens with zero attached hydrogens (tertiary/aromatic N) is 9. The lowest BCUT2D eigenvalue weighted by Gasteiger charge is -2.48. The third-order valence-electron chi connectivity index (χ3n) is 17.8. The Bertz CT molecular complexity index is 2870. The fourth-order valence-corrected chi connectivity index (χ4v) is 15.1. The second-order valence-corrected chi connectivity index (χ2v) is 24.6. The molecule has 1 atom stereocenters. The number of carbonyl (C=O) groups is 4. The maximum absolute atomic E-state index is 15.2. The third kappa shape index (κ3) is 8.55. The van der Waals surface area contributed by atoms with Gasteiger partial charge in [0.1, 0.15) is 11.3 Å². The second-order valence-electron chi connectivity index (χ2n) is 22.4. The highest BCUT2D eigenvalue weighted by atomic mass is 32.2. The van der Waals surface area contributed by atoms with Gasteiger partial charge in [-0.05, 0) is 140 Å². The quantitative estimate of drug-likeness (QED) is 0.165. The second kappa shape index (κ2) is 18.8. The zero-order valence-electron chi connectivity index (χ0n) is 41.8. The molecule has 2 N–H and O–H groups in total. The van der Waals surface area contributed by atoms with Gasteiger partial charge in [0.05, 0.1) is 34.1 Å². The molecule has 1 spiro atoms. The van der Waals surface area contributed by atoms with Gasteiger partial charge in [-0.3, -0.25) is 24.5 Å². The molecule has 1 aromatic carbocycles. The van der Waals surface area contributed by atoms with E-state index in [9.17, 15) is 22.8 Å². The molecule has 0 radical (unpaired) electrons. The normalized spacial score (nSPS) is 25.8. The Hall–Kier alpha value is -5.46. The van der Waals surface area contributed by atoms with Crippen LogP contribution < -0.4 is 20.4 Å². The Labute approximate surface area is 422 Å². The highest BCUT2D eigenvalue weighted by molar-refractivity contribution is 7.89. The maximum atomic E-state index is 15.2. The van der Waals surface area contributed by atoms with Gasteiger partial charge in [-0.15, -0.1) is 0 Å². The predicted molar refractivity (Wildman–Crippen MR) is 275 cm³/mol. The van der Waals surface area contributed by atoms with Crippen LogP contribution in [-0.2, 0) is 34.6 Å². The van der Waals surface area contributed by atoms with E-state index >= 15 is 4.79 Å². The number of hydrogen-bond donors (Lipinski definition) is 2. The molecule has 6 aliphatic heterocycles. The molecule has 1 unspecified atom stereocenters. The summed E-state index contributed by atoms with van der Waals surface area (Å²) < 4.78 is 31.9. The van der Waals surface area contributed by atoms with Crippen molar-refractivity contribution in [2.75, 3.05) is 67.5 Å². The van der Waals surface area contributed by atoms with E-state index in [1.165, 1.54) is 19.3 Å². The van der Waals surface area contributed by atoms with Crippen LogP contribution in [0.5, 0.6) is 0 Å². The molecule has 5 saturated heterocycles. The first-order chi connectivity index (χ1) is 34.8. The van der Waals surface area contributed by atoms with Gasteiger partial charge in [0.25, 0.3) is 0 Å². The van der Waals surface area contributed by atoms with E-state index in [2.05, 4.69) is 73.0 Å². The van der Waals surface area contributed by atoms with Gasteiger partial charge in [-0.25, -0.2) is 27.7 Å². The van der Waals surface area contributed by atoms with E-state index in [1.54, 1.807) is 10.5 Å². The van der Waals surface area contributed by atoms with Crippen LogP contribution in [0, 0.1) is 5.92 Å². The number of imide groups is 1. The lowest BCUT2D eigenvalue weighted by atomic mass is 9.73. The SMILES string of the molecule is CC(C)n1cnc2cc(-c3ccc4c(c3)N([C@H]3C[C@@H](N5CCCCC5)C3)C(=O)C43CCN(C(=O)C4CCN(S(=O)(=O)C5CCN(c6ccc(C7CCC(=O)NC7=O)cn6)CC5)CC4)CC3)nc(NC3CC3)c21. The largest absolute Gasteiger partial charge is 0.366 e. The summed E-state index contributed by atoms with van der Waals surface area (Å²) in [6, 6.07) is 13.6. The van der Waals surface area contributed by atoms with Gasteiger partial charge >= 0.3 is 0 Å². The molecule has 12 rings (SSSR count). The van der Waals surface area contributed by atoms with E-state index in [0.29, 0.717) is 103 Å². The summed E-state index contributed by atoms with van der Waals surface area (Å²) in [6.45, 7) is 9.31. The van der Waals surface area contributed by atoms with Crippen LogP contribution >= 0.6 is 0 Å². The molecule has 3 aromatic heterocycles. The number of imidazole rings is 1. The minimum Gasteiger partial charge on any atom is -0.366 e. The molecule has 8 aliphatic rings. The molecule has 0 bridgehead atoms. The molecule has 4 amide bonds. The maximum Gasteiger partial charge on any atom is 0.238 e. The van der Waals surface area contributed by atoms with Crippen molar-refractivity contribution in [3.8, 4) is 11.3 Å². The summed E-state index contributed by atoms with van der Waals surface area (Å²) in [5.74, 6) is 0.632. The van der Waals surface area contributed by atoms with E-state index in [0.717, 1.165) is 89.5 Å². The summed E-state index contributed by atoms with van der Waals surface area (Å²) in [7, 11) is -3.57. The number of nitrogens with one attached hydrogen (secondary N) is 2. The standard InChI is InChI=1S/C54H69N11O6S/c1-34(2)64-33-56-45-31-44(58-50(49(45)64)57-38-8-9-38)36-6-11-43-46(28-36)65(40-29-39(30-40)60-20-4-3-5-21-60)53(69)54(43)18-26-62(27-19-54)52(68)35-14-24-63(25-15-35)72(70,71)41-16-22-61(23-17-41)47-12-7-37(32-55-47)42-10-13-48(66)59-51(42)67/h6-7,11-12,28,31-35,38-42H,3-5,8-10,13-27,29-30H2,1-2H3,(H,57,58)(H,59,66,67)/t39-,40+,42?. The Balaban J connectivity index is 0.703. The van der Waals surface area contributed by atoms with Crippen LogP contribution in [0.15, 0.2) is 48.9 Å². The third-order valence-corrected chi connectivity index (χ3v) is 20.2. The number of piperidine rings is 5. The van der Waals surface area contributed by atoms with Gasteiger partial charge in [0.2, 0.25) is 33.7 Å². The molecular formula is C54H69N11O6S. The Morgan fingerprint density at radius 1 is 0.819 bits per heavy atom. The lowest BCUT2D eigenvalue weighted by molar-refractivity contribution is -0.140. The first-order valence-corrected chi connectivity index (χ1v) is 28.5.